The molecule has 1 aromatic carbocycles. The highest BCUT2D eigenvalue weighted by Crippen LogP contribution is 2.44. The van der Waals surface area contributed by atoms with Crippen molar-refractivity contribution in [2.24, 2.45) is 0 Å². The zero-order chi connectivity index (χ0) is 19.0. The number of aromatic amines is 1. The summed E-state index contributed by atoms with van der Waals surface area (Å²) in [7, 11) is 1.82. The lowest BCUT2D eigenvalue weighted by atomic mass is 9.82. The van der Waals surface area contributed by atoms with Crippen LogP contribution in [0, 0.1) is 0 Å². The number of hydrogen-bond donors (Lipinski definition) is 2. The summed E-state index contributed by atoms with van der Waals surface area (Å²) in [4.78, 5) is 26.5. The fraction of sp³-hybridized carbons (Fsp3) is 0.421. The summed E-state index contributed by atoms with van der Waals surface area (Å²) in [5, 5.41) is 9.78. The molecule has 2 N–H and O–H groups in total. The second kappa shape index (κ2) is 6.88. The van der Waals surface area contributed by atoms with Crippen molar-refractivity contribution in [3.63, 3.8) is 0 Å². The standard InChI is InChI=1S/C19H21ClN4O3/c1-24-9-8-19(7-6-16(24)25)10-14(12-4-2-3-5-15(12)27-19)22-18(26)17-13(20)11-21-23-17/h2-5,11,14H,6-10H2,1H3,(H,21,23)(H,22,26)/t14-,19+/m0/s1. The number of rotatable bonds is 2. The Bertz CT molecular complexity index is 883. The number of nitrogens with zero attached hydrogens (tertiary/aromatic N) is 2. The molecule has 2 aromatic rings. The molecule has 2 amide bonds. The van der Waals surface area contributed by atoms with E-state index in [2.05, 4.69) is 15.5 Å². The van der Waals surface area contributed by atoms with E-state index in [4.69, 9.17) is 16.3 Å². The Morgan fingerprint density at radius 1 is 1.41 bits per heavy atom. The van der Waals surface area contributed by atoms with Crippen molar-refractivity contribution in [1.82, 2.24) is 20.4 Å². The molecular weight excluding hydrogens is 368 g/mol. The van der Waals surface area contributed by atoms with Crippen molar-refractivity contribution >= 4 is 23.4 Å². The van der Waals surface area contributed by atoms with Crippen LogP contribution >= 0.6 is 11.6 Å². The van der Waals surface area contributed by atoms with E-state index in [0.717, 1.165) is 17.7 Å². The summed E-state index contributed by atoms with van der Waals surface area (Å²) in [5.41, 5.74) is 0.686. The monoisotopic (exact) mass is 388 g/mol. The van der Waals surface area contributed by atoms with Crippen LogP contribution in [0.1, 0.15) is 47.8 Å². The highest BCUT2D eigenvalue weighted by atomic mass is 35.5. The maximum atomic E-state index is 12.7. The van der Waals surface area contributed by atoms with Crippen LogP contribution in [-0.4, -0.2) is 46.1 Å². The lowest BCUT2D eigenvalue weighted by Crippen LogP contribution is -2.46. The van der Waals surface area contributed by atoms with Gasteiger partial charge in [0.25, 0.3) is 5.91 Å². The first kappa shape index (κ1) is 17.9. The molecule has 142 valence electrons. The minimum absolute atomic E-state index is 0.124. The maximum absolute atomic E-state index is 12.7. The molecule has 7 nitrogen and oxygen atoms in total. The van der Waals surface area contributed by atoms with Crippen molar-refractivity contribution in [2.45, 2.75) is 37.3 Å². The molecule has 1 aromatic heterocycles. The molecule has 8 heteroatoms. The van der Waals surface area contributed by atoms with Crippen LogP contribution in [0.15, 0.2) is 30.5 Å². The first-order valence-corrected chi connectivity index (χ1v) is 9.37. The predicted molar refractivity (Wildman–Crippen MR) is 99.7 cm³/mol. The highest BCUT2D eigenvalue weighted by molar-refractivity contribution is 6.33. The highest BCUT2D eigenvalue weighted by Gasteiger charge is 2.43. The van der Waals surface area contributed by atoms with Crippen LogP contribution in [0.3, 0.4) is 0 Å². The van der Waals surface area contributed by atoms with E-state index in [-0.39, 0.29) is 28.6 Å². The number of halogens is 1. The van der Waals surface area contributed by atoms with Gasteiger partial charge in [0.1, 0.15) is 17.0 Å². The van der Waals surface area contributed by atoms with E-state index < -0.39 is 5.60 Å². The Labute approximate surface area is 162 Å². The van der Waals surface area contributed by atoms with Gasteiger partial charge in [-0.3, -0.25) is 14.7 Å². The van der Waals surface area contributed by atoms with Gasteiger partial charge in [-0.25, -0.2) is 0 Å². The lowest BCUT2D eigenvalue weighted by Gasteiger charge is -2.42. The van der Waals surface area contributed by atoms with E-state index in [0.29, 0.717) is 25.8 Å². The summed E-state index contributed by atoms with van der Waals surface area (Å²) in [6.45, 7) is 0.633. The van der Waals surface area contributed by atoms with Gasteiger partial charge in [-0.2, -0.15) is 5.10 Å². The molecule has 1 saturated heterocycles. The average molecular weight is 389 g/mol. The summed E-state index contributed by atoms with van der Waals surface area (Å²) in [6, 6.07) is 7.47. The quantitative estimate of drug-likeness (QED) is 0.828. The van der Waals surface area contributed by atoms with E-state index >= 15 is 0 Å². The summed E-state index contributed by atoms with van der Waals surface area (Å²) >= 11 is 6.03. The molecule has 1 spiro atoms. The van der Waals surface area contributed by atoms with Gasteiger partial charge in [0, 0.05) is 38.4 Å². The molecule has 0 radical (unpaired) electrons. The first-order chi connectivity index (χ1) is 13.0. The number of fused-ring (bicyclic) bond motifs is 1. The van der Waals surface area contributed by atoms with E-state index in [1.165, 1.54) is 6.20 Å². The molecule has 3 heterocycles. The zero-order valence-electron chi connectivity index (χ0n) is 15.0. The van der Waals surface area contributed by atoms with Gasteiger partial charge in [-0.05, 0) is 12.5 Å². The number of H-pyrrole nitrogens is 1. The molecule has 0 bridgehead atoms. The van der Waals surface area contributed by atoms with Crippen molar-refractivity contribution < 1.29 is 14.3 Å². The number of carbonyl (C=O) groups is 2. The third-order valence-electron chi connectivity index (χ3n) is 5.45. The first-order valence-electron chi connectivity index (χ1n) is 8.99. The van der Waals surface area contributed by atoms with Crippen LogP contribution in [0.25, 0.3) is 0 Å². The number of likely N-dealkylation sites (tertiary alicyclic amines) is 1. The Balaban J connectivity index is 1.63. The summed E-state index contributed by atoms with van der Waals surface area (Å²) in [5.74, 6) is 0.567. The maximum Gasteiger partial charge on any atom is 0.271 e. The van der Waals surface area contributed by atoms with E-state index in [9.17, 15) is 9.59 Å². The van der Waals surface area contributed by atoms with Crippen LogP contribution in [0.5, 0.6) is 5.75 Å². The molecule has 2 atom stereocenters. The number of ether oxygens (including phenoxy) is 1. The average Bonchev–Trinajstić information content (AvgIpc) is 3.05. The molecule has 0 aliphatic carbocycles. The third-order valence-corrected chi connectivity index (χ3v) is 5.73. The SMILES string of the molecule is CN1CC[C@]2(CCC1=O)C[C@H](NC(=O)c1[nH]ncc1Cl)c1ccccc1O2. The van der Waals surface area contributed by atoms with Crippen molar-refractivity contribution in [2.75, 3.05) is 13.6 Å². The van der Waals surface area contributed by atoms with Crippen LogP contribution in [0.4, 0.5) is 0 Å². The normalized spacial score (nSPS) is 24.9. The van der Waals surface area contributed by atoms with E-state index in [1.807, 2.05) is 31.3 Å². The molecule has 0 unspecified atom stereocenters. The van der Waals surface area contributed by atoms with Crippen LogP contribution in [-0.2, 0) is 4.79 Å². The predicted octanol–water partition coefficient (Wildman–Crippen LogP) is 2.70. The van der Waals surface area contributed by atoms with Crippen LogP contribution < -0.4 is 10.1 Å². The number of para-hydroxylation sites is 1. The van der Waals surface area contributed by atoms with Gasteiger partial charge in [0.15, 0.2) is 0 Å². The Kier molecular flexibility index (Phi) is 4.55. The zero-order valence-corrected chi connectivity index (χ0v) is 15.8. The smallest absolute Gasteiger partial charge is 0.271 e. The second-order valence-electron chi connectivity index (χ2n) is 7.21. The number of aromatic nitrogens is 2. The van der Waals surface area contributed by atoms with Gasteiger partial charge < -0.3 is 15.0 Å². The van der Waals surface area contributed by atoms with Gasteiger partial charge >= 0.3 is 0 Å². The second-order valence-corrected chi connectivity index (χ2v) is 7.62. The fourth-order valence-electron chi connectivity index (χ4n) is 3.86. The molecular formula is C19H21ClN4O3. The molecule has 0 saturated carbocycles. The molecule has 2 aliphatic rings. The fourth-order valence-corrected chi connectivity index (χ4v) is 4.04. The number of amides is 2. The van der Waals surface area contributed by atoms with Crippen molar-refractivity contribution in [3.05, 3.63) is 46.7 Å². The van der Waals surface area contributed by atoms with Crippen molar-refractivity contribution in [1.29, 1.82) is 0 Å². The third kappa shape index (κ3) is 3.39. The Hall–Kier alpha value is -2.54. The van der Waals surface area contributed by atoms with Gasteiger partial charge in [-0.15, -0.1) is 0 Å². The molecule has 27 heavy (non-hydrogen) atoms. The van der Waals surface area contributed by atoms with Gasteiger partial charge in [0.05, 0.1) is 17.3 Å². The number of nitrogens with one attached hydrogen (secondary N) is 2. The Morgan fingerprint density at radius 3 is 3.00 bits per heavy atom. The number of carbonyl (C=O) groups excluding carboxylic acids is 2. The van der Waals surface area contributed by atoms with Gasteiger partial charge in [-0.1, -0.05) is 29.8 Å². The van der Waals surface area contributed by atoms with E-state index in [1.54, 1.807) is 4.90 Å². The summed E-state index contributed by atoms with van der Waals surface area (Å²) in [6.07, 6.45) is 3.79. The molecule has 2 aliphatic heterocycles. The molecule has 1 fully saturated rings. The molecule has 4 rings (SSSR count). The number of hydrogen-bond acceptors (Lipinski definition) is 4. The Morgan fingerprint density at radius 2 is 2.22 bits per heavy atom. The minimum atomic E-state index is -0.482. The minimum Gasteiger partial charge on any atom is -0.487 e. The van der Waals surface area contributed by atoms with Crippen molar-refractivity contribution in [3.8, 4) is 5.75 Å². The summed E-state index contributed by atoms with van der Waals surface area (Å²) < 4.78 is 6.39. The topological polar surface area (TPSA) is 87.3 Å². The lowest BCUT2D eigenvalue weighted by molar-refractivity contribution is -0.129. The largest absolute Gasteiger partial charge is 0.487 e. The van der Waals surface area contributed by atoms with Gasteiger partial charge in [0.2, 0.25) is 5.91 Å². The van der Waals surface area contributed by atoms with Crippen LogP contribution in [0.2, 0.25) is 5.02 Å². The number of benzene rings is 1.